The third kappa shape index (κ3) is 4.08. The summed E-state index contributed by atoms with van der Waals surface area (Å²) in [5.41, 5.74) is 0.779. The van der Waals surface area contributed by atoms with Crippen molar-refractivity contribution < 1.29 is 13.6 Å². The van der Waals surface area contributed by atoms with E-state index in [0.717, 1.165) is 17.7 Å². The molecule has 4 atom stereocenters. The van der Waals surface area contributed by atoms with E-state index in [-0.39, 0.29) is 17.2 Å². The van der Waals surface area contributed by atoms with Gasteiger partial charge in [-0.05, 0) is 38.2 Å². The van der Waals surface area contributed by atoms with Crippen LogP contribution in [-0.4, -0.2) is 27.4 Å². The summed E-state index contributed by atoms with van der Waals surface area (Å²) in [5.74, 6) is 2.32. The van der Waals surface area contributed by atoms with Crippen LogP contribution in [0.4, 0.5) is 0 Å². The molecule has 2 heterocycles. The van der Waals surface area contributed by atoms with Crippen LogP contribution in [0.2, 0.25) is 0 Å². The van der Waals surface area contributed by atoms with E-state index < -0.39 is 0 Å². The van der Waals surface area contributed by atoms with Gasteiger partial charge in [-0.3, -0.25) is 4.79 Å². The maximum atomic E-state index is 12.5. The molecule has 1 aliphatic rings. The number of aryl methyl sites for hydroxylation is 1. The predicted octanol–water partition coefficient (Wildman–Crippen LogP) is 4.06. The minimum absolute atomic E-state index is 0.0233. The van der Waals surface area contributed by atoms with Crippen molar-refractivity contribution in [3.63, 3.8) is 0 Å². The topological polar surface area (TPSA) is 81.2 Å². The standard InChI is InChI=1S/C18H25N3O3S/c1-10-6-5-7-15(11(10)2)19-16(22)13(4)25-18-21-20-17(24-18)14-8-9-23-12(14)3/h8-11,13,15H,5-7H2,1-4H3,(H,19,22). The van der Waals surface area contributed by atoms with Crippen LogP contribution in [0.5, 0.6) is 0 Å². The third-order valence-corrected chi connectivity index (χ3v) is 6.11. The number of thioether (sulfide) groups is 1. The van der Waals surface area contributed by atoms with Crippen LogP contribution in [-0.2, 0) is 4.79 Å². The highest BCUT2D eigenvalue weighted by atomic mass is 32.2. The van der Waals surface area contributed by atoms with Crippen LogP contribution >= 0.6 is 11.8 Å². The number of aromatic nitrogens is 2. The first kappa shape index (κ1) is 18.0. The maximum Gasteiger partial charge on any atom is 0.277 e. The lowest BCUT2D eigenvalue weighted by molar-refractivity contribution is -0.121. The zero-order chi connectivity index (χ0) is 18.0. The Kier molecular flexibility index (Phi) is 5.51. The van der Waals surface area contributed by atoms with Gasteiger partial charge in [-0.15, -0.1) is 10.2 Å². The normalized spacial score (nSPS) is 24.9. The molecule has 25 heavy (non-hydrogen) atoms. The molecule has 1 aliphatic carbocycles. The molecule has 136 valence electrons. The molecular weight excluding hydrogens is 338 g/mol. The fourth-order valence-corrected chi connectivity index (χ4v) is 3.96. The van der Waals surface area contributed by atoms with Crippen molar-refractivity contribution in [3.8, 4) is 11.5 Å². The van der Waals surface area contributed by atoms with Crippen molar-refractivity contribution in [2.75, 3.05) is 0 Å². The summed E-state index contributed by atoms with van der Waals surface area (Å²) in [7, 11) is 0. The lowest BCUT2D eigenvalue weighted by atomic mass is 9.78. The van der Waals surface area contributed by atoms with Crippen LogP contribution in [0, 0.1) is 18.8 Å². The van der Waals surface area contributed by atoms with Crippen molar-refractivity contribution >= 4 is 17.7 Å². The average molecular weight is 363 g/mol. The number of furan rings is 1. The molecule has 0 bridgehead atoms. The highest BCUT2D eigenvalue weighted by molar-refractivity contribution is 8.00. The quantitative estimate of drug-likeness (QED) is 0.807. The van der Waals surface area contributed by atoms with Crippen LogP contribution in [0.15, 0.2) is 26.4 Å². The van der Waals surface area contributed by atoms with Gasteiger partial charge in [0.05, 0.1) is 17.1 Å². The first-order valence-electron chi connectivity index (χ1n) is 8.80. The Bertz CT molecular complexity index is 727. The van der Waals surface area contributed by atoms with Gasteiger partial charge in [-0.2, -0.15) is 0 Å². The second-order valence-corrected chi connectivity index (χ2v) is 8.20. The number of carbonyl (C=O) groups excluding carboxylic acids is 1. The highest BCUT2D eigenvalue weighted by Crippen LogP contribution is 2.31. The van der Waals surface area contributed by atoms with Crippen molar-refractivity contribution in [1.29, 1.82) is 0 Å². The van der Waals surface area contributed by atoms with Crippen LogP contribution in [0.3, 0.4) is 0 Å². The molecule has 2 aromatic rings. The average Bonchev–Trinajstić information content (AvgIpc) is 3.20. The second-order valence-electron chi connectivity index (χ2n) is 6.91. The molecule has 0 saturated heterocycles. The van der Waals surface area contributed by atoms with E-state index in [1.807, 2.05) is 13.8 Å². The molecule has 0 aliphatic heterocycles. The van der Waals surface area contributed by atoms with Gasteiger partial charge in [0.2, 0.25) is 5.91 Å². The summed E-state index contributed by atoms with van der Waals surface area (Å²) in [4.78, 5) is 12.5. The number of hydrogen-bond donors (Lipinski definition) is 1. The Morgan fingerprint density at radius 3 is 2.88 bits per heavy atom. The Balaban J connectivity index is 1.58. The van der Waals surface area contributed by atoms with E-state index in [4.69, 9.17) is 8.83 Å². The number of hydrogen-bond acceptors (Lipinski definition) is 6. The lowest BCUT2D eigenvalue weighted by Crippen LogP contribution is -2.46. The largest absolute Gasteiger partial charge is 0.469 e. The van der Waals surface area contributed by atoms with E-state index in [0.29, 0.717) is 22.9 Å². The number of carbonyl (C=O) groups is 1. The predicted molar refractivity (Wildman–Crippen MR) is 96.2 cm³/mol. The van der Waals surface area contributed by atoms with Gasteiger partial charge in [-0.1, -0.05) is 38.5 Å². The Hall–Kier alpha value is -1.76. The molecular formula is C18H25N3O3S. The number of nitrogens with one attached hydrogen (secondary N) is 1. The van der Waals surface area contributed by atoms with Gasteiger partial charge in [-0.25, -0.2) is 0 Å². The van der Waals surface area contributed by atoms with Gasteiger partial charge in [0.25, 0.3) is 11.1 Å². The smallest absolute Gasteiger partial charge is 0.277 e. The summed E-state index contributed by atoms with van der Waals surface area (Å²) in [6.45, 7) is 8.20. The van der Waals surface area contributed by atoms with E-state index in [1.54, 1.807) is 12.3 Å². The van der Waals surface area contributed by atoms with Crippen molar-refractivity contribution in [3.05, 3.63) is 18.1 Å². The molecule has 1 N–H and O–H groups in total. The summed E-state index contributed by atoms with van der Waals surface area (Å²) in [6, 6.07) is 2.05. The van der Waals surface area contributed by atoms with Crippen LogP contribution in [0.25, 0.3) is 11.5 Å². The van der Waals surface area contributed by atoms with E-state index in [2.05, 4.69) is 29.4 Å². The van der Waals surface area contributed by atoms with E-state index in [9.17, 15) is 4.79 Å². The maximum absolute atomic E-state index is 12.5. The zero-order valence-corrected chi connectivity index (χ0v) is 15.9. The molecule has 3 rings (SSSR count). The van der Waals surface area contributed by atoms with Gasteiger partial charge < -0.3 is 14.2 Å². The highest BCUT2D eigenvalue weighted by Gasteiger charge is 2.30. The summed E-state index contributed by atoms with van der Waals surface area (Å²) in [6.07, 6.45) is 5.06. The third-order valence-electron chi connectivity index (χ3n) is 5.18. The van der Waals surface area contributed by atoms with E-state index in [1.165, 1.54) is 24.6 Å². The summed E-state index contributed by atoms with van der Waals surface area (Å²) >= 11 is 1.28. The molecule has 7 heteroatoms. The molecule has 0 spiro atoms. The van der Waals surface area contributed by atoms with Gasteiger partial charge in [0.15, 0.2) is 0 Å². The van der Waals surface area contributed by atoms with Gasteiger partial charge in [0, 0.05) is 6.04 Å². The minimum atomic E-state index is -0.289. The van der Waals surface area contributed by atoms with Crippen LogP contribution in [0.1, 0.15) is 45.8 Å². The molecule has 4 unspecified atom stereocenters. The number of nitrogens with zero attached hydrogens (tertiary/aromatic N) is 2. The first-order valence-corrected chi connectivity index (χ1v) is 9.68. The van der Waals surface area contributed by atoms with Gasteiger partial charge >= 0.3 is 0 Å². The number of amides is 1. The number of rotatable bonds is 5. The minimum Gasteiger partial charge on any atom is -0.469 e. The fraction of sp³-hybridized carbons (Fsp3) is 0.611. The zero-order valence-electron chi connectivity index (χ0n) is 15.1. The molecule has 1 amide bonds. The monoisotopic (exact) mass is 363 g/mol. The SMILES string of the molecule is Cc1occc1-c1nnc(SC(C)C(=O)NC2CCCC(C)C2C)o1. The van der Waals surface area contributed by atoms with Crippen molar-refractivity contribution in [1.82, 2.24) is 15.5 Å². The Morgan fingerprint density at radius 2 is 2.16 bits per heavy atom. The lowest BCUT2D eigenvalue weighted by Gasteiger charge is -2.35. The Labute approximate surface area is 152 Å². The van der Waals surface area contributed by atoms with E-state index >= 15 is 0 Å². The van der Waals surface area contributed by atoms with Crippen LogP contribution < -0.4 is 5.32 Å². The molecule has 0 aromatic carbocycles. The molecule has 6 nitrogen and oxygen atoms in total. The van der Waals surface area contributed by atoms with Crippen molar-refractivity contribution in [2.24, 2.45) is 11.8 Å². The molecule has 1 fully saturated rings. The summed E-state index contributed by atoms with van der Waals surface area (Å²) in [5, 5.41) is 11.4. The second kappa shape index (κ2) is 7.64. The first-order chi connectivity index (χ1) is 12.0. The fourth-order valence-electron chi connectivity index (χ4n) is 3.26. The molecule has 0 radical (unpaired) electrons. The van der Waals surface area contributed by atoms with Gasteiger partial charge in [0.1, 0.15) is 5.76 Å². The Morgan fingerprint density at radius 1 is 1.36 bits per heavy atom. The van der Waals surface area contributed by atoms with Crippen molar-refractivity contribution in [2.45, 2.75) is 63.5 Å². The summed E-state index contributed by atoms with van der Waals surface area (Å²) < 4.78 is 10.9. The molecule has 1 saturated carbocycles. The molecule has 2 aromatic heterocycles.